The predicted octanol–water partition coefficient (Wildman–Crippen LogP) is 1.64. The molecule has 2 aliphatic rings. The SMILES string of the molecule is CCNc1nnc(CN2CCCN3CCCC3C2)s1. The molecule has 2 saturated heterocycles. The first-order chi connectivity index (χ1) is 9.35. The molecule has 0 saturated carbocycles. The molecular formula is C13H23N5S. The van der Waals surface area contributed by atoms with E-state index in [0.717, 1.165) is 29.3 Å². The highest BCUT2D eigenvalue weighted by Gasteiger charge is 2.28. The third-order valence-electron chi connectivity index (χ3n) is 4.04. The summed E-state index contributed by atoms with van der Waals surface area (Å²) in [5, 5.41) is 13.8. The molecule has 0 aromatic carbocycles. The van der Waals surface area contributed by atoms with Crippen LogP contribution in [0.25, 0.3) is 0 Å². The molecule has 106 valence electrons. The summed E-state index contributed by atoms with van der Waals surface area (Å²) < 4.78 is 0. The minimum atomic E-state index is 0.781. The molecule has 6 heteroatoms. The molecule has 19 heavy (non-hydrogen) atoms. The highest BCUT2D eigenvalue weighted by atomic mass is 32.1. The van der Waals surface area contributed by atoms with Crippen LogP contribution in [-0.4, -0.2) is 58.8 Å². The Labute approximate surface area is 119 Å². The van der Waals surface area contributed by atoms with Gasteiger partial charge in [0.1, 0.15) is 5.01 Å². The minimum Gasteiger partial charge on any atom is -0.360 e. The highest BCUT2D eigenvalue weighted by Crippen LogP contribution is 2.23. The Balaban J connectivity index is 1.58. The van der Waals surface area contributed by atoms with Crippen LogP contribution in [0.4, 0.5) is 5.13 Å². The summed E-state index contributed by atoms with van der Waals surface area (Å²) in [6, 6.07) is 0.781. The molecule has 0 amide bonds. The second-order valence-electron chi connectivity index (χ2n) is 5.45. The van der Waals surface area contributed by atoms with E-state index in [2.05, 4.69) is 32.2 Å². The van der Waals surface area contributed by atoms with E-state index in [0.29, 0.717) is 0 Å². The van der Waals surface area contributed by atoms with Crippen LogP contribution in [0, 0.1) is 0 Å². The lowest BCUT2D eigenvalue weighted by Crippen LogP contribution is -2.36. The number of anilines is 1. The maximum atomic E-state index is 4.30. The molecule has 1 atom stereocenters. The van der Waals surface area contributed by atoms with Gasteiger partial charge in [-0.2, -0.15) is 0 Å². The van der Waals surface area contributed by atoms with E-state index in [1.165, 1.54) is 45.4 Å². The van der Waals surface area contributed by atoms with Gasteiger partial charge < -0.3 is 5.32 Å². The Morgan fingerprint density at radius 1 is 1.26 bits per heavy atom. The quantitative estimate of drug-likeness (QED) is 0.909. The fraction of sp³-hybridized carbons (Fsp3) is 0.846. The molecular weight excluding hydrogens is 258 g/mol. The molecule has 2 fully saturated rings. The lowest BCUT2D eigenvalue weighted by molar-refractivity contribution is 0.215. The van der Waals surface area contributed by atoms with E-state index in [1.54, 1.807) is 11.3 Å². The zero-order valence-corrected chi connectivity index (χ0v) is 12.5. The van der Waals surface area contributed by atoms with Crippen molar-refractivity contribution in [3.05, 3.63) is 5.01 Å². The summed E-state index contributed by atoms with van der Waals surface area (Å²) in [5.74, 6) is 0. The number of aromatic nitrogens is 2. The van der Waals surface area contributed by atoms with E-state index < -0.39 is 0 Å². The Kier molecular flexibility index (Phi) is 4.30. The lowest BCUT2D eigenvalue weighted by atomic mass is 10.2. The van der Waals surface area contributed by atoms with Gasteiger partial charge in [-0.3, -0.25) is 9.80 Å². The van der Waals surface area contributed by atoms with Crippen LogP contribution in [0.5, 0.6) is 0 Å². The van der Waals surface area contributed by atoms with Gasteiger partial charge in [0.05, 0.1) is 6.54 Å². The molecule has 1 aromatic heterocycles. The van der Waals surface area contributed by atoms with E-state index in [-0.39, 0.29) is 0 Å². The number of hydrogen-bond acceptors (Lipinski definition) is 6. The van der Waals surface area contributed by atoms with Crippen molar-refractivity contribution in [3.8, 4) is 0 Å². The van der Waals surface area contributed by atoms with E-state index in [9.17, 15) is 0 Å². The molecule has 1 aromatic rings. The summed E-state index contributed by atoms with van der Waals surface area (Å²) in [6.07, 6.45) is 4.03. The van der Waals surface area contributed by atoms with Gasteiger partial charge in [-0.1, -0.05) is 11.3 Å². The summed E-state index contributed by atoms with van der Waals surface area (Å²) in [5.41, 5.74) is 0. The molecule has 0 aliphatic carbocycles. The van der Waals surface area contributed by atoms with Crippen molar-refractivity contribution in [3.63, 3.8) is 0 Å². The summed E-state index contributed by atoms with van der Waals surface area (Å²) in [6.45, 7) is 8.95. The first-order valence-electron chi connectivity index (χ1n) is 7.38. The van der Waals surface area contributed by atoms with Crippen molar-refractivity contribution in [2.24, 2.45) is 0 Å². The Morgan fingerprint density at radius 3 is 3.05 bits per heavy atom. The van der Waals surface area contributed by atoms with Gasteiger partial charge in [0.25, 0.3) is 0 Å². The number of hydrogen-bond donors (Lipinski definition) is 1. The molecule has 2 aliphatic heterocycles. The monoisotopic (exact) mass is 281 g/mol. The van der Waals surface area contributed by atoms with E-state index in [1.807, 2.05) is 0 Å². The molecule has 0 radical (unpaired) electrons. The average molecular weight is 281 g/mol. The van der Waals surface area contributed by atoms with Crippen LogP contribution in [-0.2, 0) is 6.54 Å². The number of nitrogens with zero attached hydrogens (tertiary/aromatic N) is 4. The maximum absolute atomic E-state index is 4.30. The van der Waals surface area contributed by atoms with Crippen molar-refractivity contribution in [1.29, 1.82) is 0 Å². The minimum absolute atomic E-state index is 0.781. The first-order valence-corrected chi connectivity index (χ1v) is 8.19. The van der Waals surface area contributed by atoms with Gasteiger partial charge in [-0.15, -0.1) is 10.2 Å². The zero-order chi connectivity index (χ0) is 13.1. The molecule has 5 nitrogen and oxygen atoms in total. The van der Waals surface area contributed by atoms with Crippen molar-refractivity contribution >= 4 is 16.5 Å². The smallest absolute Gasteiger partial charge is 0.205 e. The molecule has 0 spiro atoms. The van der Waals surface area contributed by atoms with Gasteiger partial charge in [0.2, 0.25) is 5.13 Å². The summed E-state index contributed by atoms with van der Waals surface area (Å²) in [7, 11) is 0. The zero-order valence-electron chi connectivity index (χ0n) is 11.6. The van der Waals surface area contributed by atoms with Crippen LogP contribution < -0.4 is 5.32 Å². The normalized spacial score (nSPS) is 25.2. The first kappa shape index (κ1) is 13.3. The van der Waals surface area contributed by atoms with Crippen LogP contribution in [0.15, 0.2) is 0 Å². The van der Waals surface area contributed by atoms with Gasteiger partial charge >= 0.3 is 0 Å². The number of nitrogens with one attached hydrogen (secondary N) is 1. The Hall–Kier alpha value is -0.720. The molecule has 1 N–H and O–H groups in total. The van der Waals surface area contributed by atoms with Gasteiger partial charge in [0, 0.05) is 19.1 Å². The van der Waals surface area contributed by atoms with Crippen LogP contribution in [0.3, 0.4) is 0 Å². The second kappa shape index (κ2) is 6.15. The Bertz CT molecular complexity index is 407. The molecule has 1 unspecified atom stereocenters. The standard InChI is InChI=1S/C13H23N5S/c1-2-14-13-16-15-12(19-13)10-17-6-4-8-18-7-3-5-11(18)9-17/h11H,2-10H2,1H3,(H,14,16). The fourth-order valence-corrected chi connectivity index (χ4v) is 4.01. The van der Waals surface area contributed by atoms with E-state index >= 15 is 0 Å². The van der Waals surface area contributed by atoms with Crippen LogP contribution >= 0.6 is 11.3 Å². The third-order valence-corrected chi connectivity index (χ3v) is 4.91. The lowest BCUT2D eigenvalue weighted by Gasteiger charge is -2.24. The second-order valence-corrected chi connectivity index (χ2v) is 6.51. The number of rotatable bonds is 4. The third kappa shape index (κ3) is 3.24. The van der Waals surface area contributed by atoms with Crippen molar-refractivity contribution < 1.29 is 0 Å². The maximum Gasteiger partial charge on any atom is 0.205 e. The predicted molar refractivity (Wildman–Crippen MR) is 78.6 cm³/mol. The van der Waals surface area contributed by atoms with Crippen LogP contribution in [0.1, 0.15) is 31.2 Å². The fourth-order valence-electron chi connectivity index (χ4n) is 3.16. The number of fused-ring (bicyclic) bond motifs is 1. The molecule has 3 rings (SSSR count). The van der Waals surface area contributed by atoms with Gasteiger partial charge in [-0.05, 0) is 45.8 Å². The molecule has 0 bridgehead atoms. The highest BCUT2D eigenvalue weighted by molar-refractivity contribution is 7.15. The van der Waals surface area contributed by atoms with Crippen molar-refractivity contribution in [2.75, 3.05) is 38.0 Å². The van der Waals surface area contributed by atoms with Crippen LogP contribution in [0.2, 0.25) is 0 Å². The summed E-state index contributed by atoms with van der Waals surface area (Å²) >= 11 is 1.69. The van der Waals surface area contributed by atoms with E-state index in [4.69, 9.17) is 0 Å². The largest absolute Gasteiger partial charge is 0.360 e. The summed E-state index contributed by atoms with van der Waals surface area (Å²) in [4.78, 5) is 5.23. The van der Waals surface area contributed by atoms with Gasteiger partial charge in [-0.25, -0.2) is 0 Å². The average Bonchev–Trinajstić information content (AvgIpc) is 2.97. The topological polar surface area (TPSA) is 44.3 Å². The molecule has 3 heterocycles. The van der Waals surface area contributed by atoms with Crippen molar-refractivity contribution in [1.82, 2.24) is 20.0 Å². The van der Waals surface area contributed by atoms with Crippen molar-refractivity contribution in [2.45, 2.75) is 38.8 Å². The van der Waals surface area contributed by atoms with Gasteiger partial charge in [0.15, 0.2) is 0 Å². The Morgan fingerprint density at radius 2 is 2.16 bits per heavy atom.